The number of nitrogens with zero attached hydrogens (tertiary/aromatic N) is 3. The highest BCUT2D eigenvalue weighted by molar-refractivity contribution is 5.49. The van der Waals surface area contributed by atoms with Crippen molar-refractivity contribution >= 4 is 0 Å². The summed E-state index contributed by atoms with van der Waals surface area (Å²) in [6.45, 7) is 3.53. The van der Waals surface area contributed by atoms with E-state index in [4.69, 9.17) is 0 Å². The van der Waals surface area contributed by atoms with E-state index in [9.17, 15) is 4.79 Å². The van der Waals surface area contributed by atoms with Gasteiger partial charge in [0.05, 0.1) is 11.3 Å². The van der Waals surface area contributed by atoms with Crippen molar-refractivity contribution in [1.82, 2.24) is 19.9 Å². The third-order valence-corrected chi connectivity index (χ3v) is 3.39. The van der Waals surface area contributed by atoms with Crippen molar-refractivity contribution in [2.45, 2.75) is 19.9 Å². The summed E-state index contributed by atoms with van der Waals surface area (Å²) >= 11 is 0. The van der Waals surface area contributed by atoms with Gasteiger partial charge in [-0.15, -0.1) is 0 Å². The summed E-state index contributed by atoms with van der Waals surface area (Å²) in [5.74, 6) is 0.567. The standard InChI is InChI=1S/C14H16N4O/c1-9-4-3-5-12(15-9)13-16-11-6-7-18(2)8-10(11)14(19)17-13/h3-5H,6-8H2,1-2H3,(H,16,17,19). The molecule has 0 amide bonds. The molecule has 2 aromatic rings. The van der Waals surface area contributed by atoms with E-state index in [2.05, 4.69) is 19.9 Å². The Morgan fingerprint density at radius 2 is 2.16 bits per heavy atom. The maximum absolute atomic E-state index is 12.1. The lowest BCUT2D eigenvalue weighted by Gasteiger charge is -2.23. The van der Waals surface area contributed by atoms with Gasteiger partial charge >= 0.3 is 0 Å². The van der Waals surface area contributed by atoms with Gasteiger partial charge in [-0.1, -0.05) is 6.07 Å². The third kappa shape index (κ3) is 2.29. The Labute approximate surface area is 111 Å². The molecule has 2 aromatic heterocycles. The number of likely N-dealkylation sites (N-methyl/N-ethyl adjacent to an activating group) is 1. The first-order valence-corrected chi connectivity index (χ1v) is 6.38. The van der Waals surface area contributed by atoms with Crippen LogP contribution in [0.1, 0.15) is 17.0 Å². The van der Waals surface area contributed by atoms with Gasteiger partial charge in [-0.25, -0.2) is 9.97 Å². The highest BCUT2D eigenvalue weighted by Crippen LogP contribution is 2.16. The molecule has 5 nitrogen and oxygen atoms in total. The molecule has 0 fully saturated rings. The van der Waals surface area contributed by atoms with Crippen molar-refractivity contribution in [3.8, 4) is 11.5 Å². The summed E-state index contributed by atoms with van der Waals surface area (Å²) < 4.78 is 0. The van der Waals surface area contributed by atoms with Crippen molar-refractivity contribution in [2.24, 2.45) is 0 Å². The summed E-state index contributed by atoms with van der Waals surface area (Å²) in [6.07, 6.45) is 0.814. The van der Waals surface area contributed by atoms with Crippen LogP contribution in [-0.2, 0) is 13.0 Å². The average Bonchev–Trinajstić information content (AvgIpc) is 2.39. The molecule has 0 atom stereocenters. The first-order chi connectivity index (χ1) is 9.13. The lowest BCUT2D eigenvalue weighted by molar-refractivity contribution is 0.307. The van der Waals surface area contributed by atoms with Crippen LogP contribution in [-0.4, -0.2) is 33.4 Å². The lowest BCUT2D eigenvalue weighted by atomic mass is 10.1. The fourth-order valence-electron chi connectivity index (χ4n) is 2.36. The molecule has 1 aliphatic rings. The molecule has 1 N–H and O–H groups in total. The van der Waals surface area contributed by atoms with E-state index in [-0.39, 0.29) is 5.56 Å². The van der Waals surface area contributed by atoms with Crippen LogP contribution in [0.25, 0.3) is 11.5 Å². The van der Waals surface area contributed by atoms with E-state index in [1.807, 2.05) is 32.2 Å². The van der Waals surface area contributed by atoms with Gasteiger partial charge in [0, 0.05) is 25.2 Å². The normalized spacial score (nSPS) is 15.3. The molecule has 0 aliphatic carbocycles. The second kappa shape index (κ2) is 4.59. The van der Waals surface area contributed by atoms with Gasteiger partial charge in [-0.3, -0.25) is 4.79 Å². The topological polar surface area (TPSA) is 61.9 Å². The predicted molar refractivity (Wildman–Crippen MR) is 72.9 cm³/mol. The average molecular weight is 256 g/mol. The Morgan fingerprint density at radius 1 is 1.32 bits per heavy atom. The van der Waals surface area contributed by atoms with Gasteiger partial charge in [0.2, 0.25) is 0 Å². The number of H-pyrrole nitrogens is 1. The van der Waals surface area contributed by atoms with Crippen LogP contribution in [0, 0.1) is 6.92 Å². The highest BCUT2D eigenvalue weighted by Gasteiger charge is 2.19. The molecule has 0 saturated heterocycles. The molecule has 98 valence electrons. The number of fused-ring (bicyclic) bond motifs is 1. The molecular formula is C14H16N4O. The van der Waals surface area contributed by atoms with E-state index < -0.39 is 0 Å². The number of rotatable bonds is 1. The second-order valence-corrected chi connectivity index (χ2v) is 4.99. The summed E-state index contributed by atoms with van der Waals surface area (Å²) in [6, 6.07) is 5.71. The smallest absolute Gasteiger partial charge is 0.255 e. The zero-order chi connectivity index (χ0) is 13.4. The Kier molecular flexibility index (Phi) is 2.91. The zero-order valence-electron chi connectivity index (χ0n) is 11.1. The fraction of sp³-hybridized carbons (Fsp3) is 0.357. The molecule has 19 heavy (non-hydrogen) atoms. The number of nitrogens with one attached hydrogen (secondary N) is 1. The molecule has 0 unspecified atom stereocenters. The Balaban J connectivity index is 2.10. The summed E-state index contributed by atoms with van der Waals surface area (Å²) in [5, 5.41) is 0. The summed E-state index contributed by atoms with van der Waals surface area (Å²) in [4.78, 5) is 26.1. The van der Waals surface area contributed by atoms with Crippen molar-refractivity contribution < 1.29 is 0 Å². The molecule has 3 heterocycles. The van der Waals surface area contributed by atoms with Crippen LogP contribution in [0.2, 0.25) is 0 Å². The van der Waals surface area contributed by atoms with Crippen LogP contribution < -0.4 is 5.56 Å². The maximum atomic E-state index is 12.1. The van der Waals surface area contributed by atoms with Gasteiger partial charge in [-0.2, -0.15) is 0 Å². The minimum absolute atomic E-state index is 0.0464. The molecule has 0 radical (unpaired) electrons. The first kappa shape index (κ1) is 12.0. The van der Waals surface area contributed by atoms with Gasteiger partial charge in [0.1, 0.15) is 5.69 Å². The van der Waals surface area contributed by atoms with E-state index in [1.165, 1.54) is 0 Å². The van der Waals surface area contributed by atoms with Crippen LogP contribution in [0.5, 0.6) is 0 Å². The van der Waals surface area contributed by atoms with Crippen molar-refractivity contribution in [1.29, 1.82) is 0 Å². The van der Waals surface area contributed by atoms with Gasteiger partial charge in [0.25, 0.3) is 5.56 Å². The zero-order valence-corrected chi connectivity index (χ0v) is 11.1. The number of aromatic amines is 1. The van der Waals surface area contributed by atoms with E-state index in [0.717, 1.165) is 35.6 Å². The minimum Gasteiger partial charge on any atom is -0.305 e. The summed E-state index contributed by atoms with van der Waals surface area (Å²) in [7, 11) is 2.01. The molecule has 5 heteroatoms. The van der Waals surface area contributed by atoms with E-state index in [0.29, 0.717) is 12.4 Å². The van der Waals surface area contributed by atoms with Crippen LogP contribution in [0.3, 0.4) is 0 Å². The van der Waals surface area contributed by atoms with Gasteiger partial charge in [0.15, 0.2) is 5.82 Å². The third-order valence-electron chi connectivity index (χ3n) is 3.39. The maximum Gasteiger partial charge on any atom is 0.255 e. The monoisotopic (exact) mass is 256 g/mol. The van der Waals surface area contributed by atoms with Crippen LogP contribution >= 0.6 is 0 Å². The predicted octanol–water partition coefficient (Wildman–Crippen LogP) is 1.13. The van der Waals surface area contributed by atoms with Gasteiger partial charge in [-0.05, 0) is 26.1 Å². The number of aromatic nitrogens is 3. The SMILES string of the molecule is Cc1cccc(-c2nc3c(c(=O)[nH]2)CN(C)CC3)n1. The van der Waals surface area contributed by atoms with Crippen molar-refractivity contribution in [3.05, 3.63) is 45.5 Å². The molecule has 3 rings (SSSR count). The minimum atomic E-state index is -0.0464. The number of aryl methyl sites for hydroxylation is 1. The van der Waals surface area contributed by atoms with E-state index in [1.54, 1.807) is 0 Å². The largest absolute Gasteiger partial charge is 0.305 e. The van der Waals surface area contributed by atoms with E-state index >= 15 is 0 Å². The molecular weight excluding hydrogens is 240 g/mol. The fourth-order valence-corrected chi connectivity index (χ4v) is 2.36. The van der Waals surface area contributed by atoms with Crippen molar-refractivity contribution in [3.63, 3.8) is 0 Å². The Hall–Kier alpha value is -2.01. The van der Waals surface area contributed by atoms with Crippen LogP contribution in [0.4, 0.5) is 0 Å². The number of hydrogen-bond acceptors (Lipinski definition) is 4. The number of pyridine rings is 1. The number of hydrogen-bond donors (Lipinski definition) is 1. The van der Waals surface area contributed by atoms with Gasteiger partial charge < -0.3 is 9.88 Å². The first-order valence-electron chi connectivity index (χ1n) is 6.38. The molecule has 0 aromatic carbocycles. The Morgan fingerprint density at radius 3 is 2.95 bits per heavy atom. The summed E-state index contributed by atoms with van der Waals surface area (Å²) in [5.41, 5.74) is 3.27. The lowest BCUT2D eigenvalue weighted by Crippen LogP contribution is -2.33. The highest BCUT2D eigenvalue weighted by atomic mass is 16.1. The molecule has 0 spiro atoms. The molecule has 1 aliphatic heterocycles. The molecule has 0 saturated carbocycles. The van der Waals surface area contributed by atoms with Crippen molar-refractivity contribution in [2.75, 3.05) is 13.6 Å². The quantitative estimate of drug-likeness (QED) is 0.830. The van der Waals surface area contributed by atoms with Crippen LogP contribution in [0.15, 0.2) is 23.0 Å². The molecule has 0 bridgehead atoms. The Bertz CT molecular complexity index is 677. The second-order valence-electron chi connectivity index (χ2n) is 4.99.